The number of nitrogens with zero attached hydrogens (tertiary/aromatic N) is 1. The summed E-state index contributed by atoms with van der Waals surface area (Å²) in [6.45, 7) is 4.55. The molecule has 1 aromatic carbocycles. The fourth-order valence-electron chi connectivity index (χ4n) is 2.37. The Morgan fingerprint density at radius 2 is 2.00 bits per heavy atom. The van der Waals surface area contributed by atoms with Crippen molar-refractivity contribution in [1.29, 1.82) is 0 Å². The SMILES string of the molecule is CNCC(=O)NC(CN1CCOCC1)c1ccccc1. The third-order valence-corrected chi connectivity index (χ3v) is 3.42. The van der Waals surface area contributed by atoms with Gasteiger partial charge in [0, 0.05) is 19.6 Å². The van der Waals surface area contributed by atoms with Gasteiger partial charge in [-0.1, -0.05) is 30.3 Å². The van der Waals surface area contributed by atoms with Crippen molar-refractivity contribution in [1.82, 2.24) is 15.5 Å². The zero-order valence-corrected chi connectivity index (χ0v) is 12.0. The van der Waals surface area contributed by atoms with E-state index in [1.54, 1.807) is 7.05 Å². The van der Waals surface area contributed by atoms with Crippen LogP contribution in [0.25, 0.3) is 0 Å². The minimum Gasteiger partial charge on any atom is -0.379 e. The Bertz CT molecular complexity index is 405. The topological polar surface area (TPSA) is 53.6 Å². The molecule has 0 aliphatic carbocycles. The van der Waals surface area contributed by atoms with E-state index in [1.807, 2.05) is 18.2 Å². The van der Waals surface area contributed by atoms with Gasteiger partial charge in [0.25, 0.3) is 0 Å². The van der Waals surface area contributed by atoms with E-state index in [2.05, 4.69) is 27.7 Å². The van der Waals surface area contributed by atoms with Gasteiger partial charge < -0.3 is 15.4 Å². The summed E-state index contributed by atoms with van der Waals surface area (Å²) in [6.07, 6.45) is 0. The van der Waals surface area contributed by atoms with Gasteiger partial charge in [0.2, 0.25) is 5.91 Å². The van der Waals surface area contributed by atoms with E-state index < -0.39 is 0 Å². The largest absolute Gasteiger partial charge is 0.379 e. The predicted molar refractivity (Wildman–Crippen MR) is 78.5 cm³/mol. The molecule has 0 bridgehead atoms. The number of carbonyl (C=O) groups is 1. The number of carbonyl (C=O) groups excluding carboxylic acids is 1. The molecule has 1 aliphatic heterocycles. The van der Waals surface area contributed by atoms with E-state index >= 15 is 0 Å². The second-order valence-corrected chi connectivity index (χ2v) is 4.97. The quantitative estimate of drug-likeness (QED) is 0.790. The third-order valence-electron chi connectivity index (χ3n) is 3.42. The molecular weight excluding hydrogens is 254 g/mol. The van der Waals surface area contributed by atoms with Gasteiger partial charge in [-0.15, -0.1) is 0 Å². The average Bonchev–Trinajstić information content (AvgIpc) is 2.49. The summed E-state index contributed by atoms with van der Waals surface area (Å²) < 4.78 is 5.37. The fraction of sp³-hybridized carbons (Fsp3) is 0.533. The Hall–Kier alpha value is -1.43. The number of hydrogen-bond acceptors (Lipinski definition) is 4. The zero-order chi connectivity index (χ0) is 14.2. The van der Waals surface area contributed by atoms with E-state index in [0.29, 0.717) is 6.54 Å². The number of morpholine rings is 1. The smallest absolute Gasteiger partial charge is 0.234 e. The van der Waals surface area contributed by atoms with Crippen molar-refractivity contribution in [2.45, 2.75) is 6.04 Å². The van der Waals surface area contributed by atoms with Crippen molar-refractivity contribution >= 4 is 5.91 Å². The van der Waals surface area contributed by atoms with E-state index in [1.165, 1.54) is 0 Å². The highest BCUT2D eigenvalue weighted by atomic mass is 16.5. The first kappa shape index (κ1) is 15.0. The highest BCUT2D eigenvalue weighted by Gasteiger charge is 2.19. The number of hydrogen-bond donors (Lipinski definition) is 2. The first-order valence-corrected chi connectivity index (χ1v) is 7.08. The Kier molecular flexibility index (Phi) is 5.98. The summed E-state index contributed by atoms with van der Waals surface area (Å²) in [6, 6.07) is 10.1. The predicted octanol–water partition coefficient (Wildman–Crippen LogP) is 0.396. The summed E-state index contributed by atoms with van der Waals surface area (Å²) in [5, 5.41) is 5.98. The summed E-state index contributed by atoms with van der Waals surface area (Å²) >= 11 is 0. The van der Waals surface area contributed by atoms with Gasteiger partial charge in [-0.05, 0) is 12.6 Å². The monoisotopic (exact) mass is 277 g/mol. The Labute approximate surface area is 120 Å². The Morgan fingerprint density at radius 1 is 1.30 bits per heavy atom. The molecule has 2 N–H and O–H groups in total. The molecule has 20 heavy (non-hydrogen) atoms. The molecule has 1 amide bonds. The van der Waals surface area contributed by atoms with E-state index in [9.17, 15) is 4.79 Å². The molecule has 1 unspecified atom stereocenters. The minimum absolute atomic E-state index is 0.0228. The van der Waals surface area contributed by atoms with Gasteiger partial charge in [0.05, 0.1) is 25.8 Å². The molecule has 1 atom stereocenters. The molecule has 5 heteroatoms. The van der Waals surface area contributed by atoms with Crippen LogP contribution in [0.4, 0.5) is 0 Å². The average molecular weight is 277 g/mol. The second kappa shape index (κ2) is 7.99. The van der Waals surface area contributed by atoms with Crippen molar-refractivity contribution in [2.75, 3.05) is 46.4 Å². The minimum atomic E-state index is 0.0228. The van der Waals surface area contributed by atoms with Crippen LogP contribution in [0.15, 0.2) is 30.3 Å². The molecule has 110 valence electrons. The van der Waals surface area contributed by atoms with Gasteiger partial charge >= 0.3 is 0 Å². The van der Waals surface area contributed by atoms with Crippen molar-refractivity contribution in [3.8, 4) is 0 Å². The van der Waals surface area contributed by atoms with Gasteiger partial charge in [-0.3, -0.25) is 9.69 Å². The molecule has 1 aliphatic rings. The Balaban J connectivity index is 2.01. The van der Waals surface area contributed by atoms with Crippen LogP contribution >= 0.6 is 0 Å². The highest BCUT2D eigenvalue weighted by Crippen LogP contribution is 2.15. The van der Waals surface area contributed by atoms with E-state index in [-0.39, 0.29) is 11.9 Å². The van der Waals surface area contributed by atoms with Crippen molar-refractivity contribution in [2.24, 2.45) is 0 Å². The van der Waals surface area contributed by atoms with Crippen LogP contribution in [0, 0.1) is 0 Å². The molecule has 0 radical (unpaired) electrons. The molecular formula is C15H23N3O2. The number of rotatable bonds is 6. The molecule has 0 spiro atoms. The van der Waals surface area contributed by atoms with Crippen molar-refractivity contribution in [3.63, 3.8) is 0 Å². The molecule has 0 aromatic heterocycles. The Morgan fingerprint density at radius 3 is 2.65 bits per heavy atom. The maximum atomic E-state index is 11.9. The number of nitrogens with one attached hydrogen (secondary N) is 2. The fourth-order valence-corrected chi connectivity index (χ4v) is 2.37. The first-order chi connectivity index (χ1) is 9.79. The van der Waals surface area contributed by atoms with Crippen LogP contribution in [-0.4, -0.2) is 57.2 Å². The zero-order valence-electron chi connectivity index (χ0n) is 12.0. The van der Waals surface area contributed by atoms with Crippen LogP contribution < -0.4 is 10.6 Å². The van der Waals surface area contributed by atoms with Crippen LogP contribution in [-0.2, 0) is 9.53 Å². The molecule has 0 saturated carbocycles. The number of amides is 1. The maximum Gasteiger partial charge on any atom is 0.234 e. The summed E-state index contributed by atoms with van der Waals surface area (Å²) in [5.74, 6) is 0.0228. The van der Waals surface area contributed by atoms with Crippen LogP contribution in [0.5, 0.6) is 0 Å². The standard InChI is InChI=1S/C15H23N3O2/c1-16-11-15(19)17-14(13-5-3-2-4-6-13)12-18-7-9-20-10-8-18/h2-6,14,16H,7-12H2,1H3,(H,17,19). The van der Waals surface area contributed by atoms with Crippen LogP contribution in [0.2, 0.25) is 0 Å². The van der Waals surface area contributed by atoms with E-state index in [4.69, 9.17) is 4.74 Å². The lowest BCUT2D eigenvalue weighted by atomic mass is 10.1. The molecule has 2 rings (SSSR count). The molecule has 1 aromatic rings. The van der Waals surface area contributed by atoms with Gasteiger partial charge in [-0.25, -0.2) is 0 Å². The van der Waals surface area contributed by atoms with Gasteiger partial charge in [-0.2, -0.15) is 0 Å². The van der Waals surface area contributed by atoms with Gasteiger partial charge in [0.15, 0.2) is 0 Å². The molecule has 5 nitrogen and oxygen atoms in total. The lowest BCUT2D eigenvalue weighted by Crippen LogP contribution is -2.44. The van der Waals surface area contributed by atoms with E-state index in [0.717, 1.165) is 38.4 Å². The number of ether oxygens (including phenoxy) is 1. The summed E-state index contributed by atoms with van der Waals surface area (Å²) in [5.41, 5.74) is 1.14. The highest BCUT2D eigenvalue weighted by molar-refractivity contribution is 5.78. The molecule has 1 saturated heterocycles. The number of benzene rings is 1. The van der Waals surface area contributed by atoms with Crippen molar-refractivity contribution < 1.29 is 9.53 Å². The molecule has 1 fully saturated rings. The van der Waals surface area contributed by atoms with Crippen molar-refractivity contribution in [3.05, 3.63) is 35.9 Å². The summed E-state index contributed by atoms with van der Waals surface area (Å²) in [4.78, 5) is 14.2. The third kappa shape index (κ3) is 4.59. The maximum absolute atomic E-state index is 11.9. The summed E-state index contributed by atoms with van der Waals surface area (Å²) in [7, 11) is 1.78. The van der Waals surface area contributed by atoms with Crippen LogP contribution in [0.1, 0.15) is 11.6 Å². The number of likely N-dealkylation sites (N-methyl/N-ethyl adjacent to an activating group) is 1. The lowest BCUT2D eigenvalue weighted by Gasteiger charge is -2.31. The first-order valence-electron chi connectivity index (χ1n) is 7.08. The van der Waals surface area contributed by atoms with Gasteiger partial charge in [0.1, 0.15) is 0 Å². The molecule has 1 heterocycles. The van der Waals surface area contributed by atoms with Crippen LogP contribution in [0.3, 0.4) is 0 Å². The lowest BCUT2D eigenvalue weighted by molar-refractivity contribution is -0.121. The second-order valence-electron chi connectivity index (χ2n) is 4.97. The normalized spacial score (nSPS) is 17.6.